The number of benzene rings is 6. The standard InChI is InChI=1S/C50H46N4O7S/c55-45(30-52-49(60)61-32-36-19-15-27-41-40-26-14-13-18-35(40)29-42(36)41)51-31-46(56)54(44(33-62)47(57)53-43(48(58)59)28-34-16-5-1-6-17-34)50(37-20-7-2-8-21-37,38-22-9-3-10-23-38)39-24-11-4-12-25-39/h1-27,43-44,62H,28-33H2,(H,51,55)(H,52,60)(H,53,57)(H,58,59). The van der Waals surface area contributed by atoms with Crippen molar-refractivity contribution in [3.05, 3.63) is 203 Å². The molecule has 6 aromatic carbocycles. The van der Waals surface area contributed by atoms with Gasteiger partial charge in [0.2, 0.25) is 17.7 Å². The van der Waals surface area contributed by atoms with Gasteiger partial charge < -0.3 is 30.7 Å². The number of nitrogens with one attached hydrogen (secondary N) is 3. The van der Waals surface area contributed by atoms with Crippen molar-refractivity contribution in [1.82, 2.24) is 20.9 Å². The molecule has 62 heavy (non-hydrogen) atoms. The number of nitrogens with zero attached hydrogens (tertiary/aromatic N) is 1. The molecule has 314 valence electrons. The second-order valence-corrected chi connectivity index (χ2v) is 15.2. The number of alkyl carbamates (subject to hydrolysis) is 1. The fourth-order valence-electron chi connectivity index (χ4n) is 8.18. The number of hydrogen-bond acceptors (Lipinski definition) is 7. The number of rotatable bonds is 17. The Balaban J connectivity index is 1.14. The zero-order chi connectivity index (χ0) is 43.5. The Hall–Kier alpha value is -7.18. The maximum absolute atomic E-state index is 15.1. The van der Waals surface area contributed by atoms with Gasteiger partial charge in [-0.15, -0.1) is 0 Å². The van der Waals surface area contributed by atoms with Gasteiger partial charge in [0.25, 0.3) is 0 Å². The fourth-order valence-corrected chi connectivity index (χ4v) is 8.51. The molecule has 1 aliphatic rings. The van der Waals surface area contributed by atoms with Gasteiger partial charge in [0.05, 0.1) is 6.54 Å². The van der Waals surface area contributed by atoms with Crippen molar-refractivity contribution in [3.8, 4) is 11.1 Å². The van der Waals surface area contributed by atoms with E-state index in [-0.39, 0.29) is 18.8 Å². The predicted molar refractivity (Wildman–Crippen MR) is 239 cm³/mol. The van der Waals surface area contributed by atoms with Gasteiger partial charge in [-0.25, -0.2) is 9.59 Å². The van der Waals surface area contributed by atoms with Gasteiger partial charge in [0.15, 0.2) is 0 Å². The van der Waals surface area contributed by atoms with Crippen LogP contribution in [0.3, 0.4) is 0 Å². The Labute approximate surface area is 365 Å². The molecule has 0 saturated carbocycles. The average Bonchev–Trinajstić information content (AvgIpc) is 3.70. The number of carbonyl (C=O) groups excluding carboxylic acids is 4. The molecule has 4 N–H and O–H groups in total. The van der Waals surface area contributed by atoms with Gasteiger partial charge in [0.1, 0.15) is 30.8 Å². The number of carbonyl (C=O) groups is 5. The van der Waals surface area contributed by atoms with E-state index in [0.717, 1.165) is 28.7 Å². The van der Waals surface area contributed by atoms with Crippen LogP contribution in [0.1, 0.15) is 38.9 Å². The van der Waals surface area contributed by atoms with E-state index >= 15 is 4.79 Å². The van der Waals surface area contributed by atoms with Crippen molar-refractivity contribution in [2.24, 2.45) is 0 Å². The number of hydrogen-bond donors (Lipinski definition) is 5. The van der Waals surface area contributed by atoms with Crippen LogP contribution >= 0.6 is 12.6 Å². The first-order chi connectivity index (χ1) is 30.2. The molecule has 2 unspecified atom stereocenters. The summed E-state index contributed by atoms with van der Waals surface area (Å²) in [6.45, 7) is -1.09. The molecule has 0 bridgehead atoms. The molecule has 7 rings (SSSR count). The summed E-state index contributed by atoms with van der Waals surface area (Å²) in [5, 5.41) is 18.1. The fraction of sp³-hybridized carbons (Fsp3) is 0.180. The predicted octanol–water partition coefficient (Wildman–Crippen LogP) is 6.53. The van der Waals surface area contributed by atoms with Crippen LogP contribution in [0, 0.1) is 0 Å². The molecular weight excluding hydrogens is 801 g/mol. The smallest absolute Gasteiger partial charge is 0.407 e. The van der Waals surface area contributed by atoms with Crippen LogP contribution in [0.5, 0.6) is 0 Å². The topological polar surface area (TPSA) is 154 Å². The summed E-state index contributed by atoms with van der Waals surface area (Å²) < 4.78 is 5.52. The number of carboxylic acid groups (broad SMARTS) is 1. The number of thiol groups is 1. The third-order valence-electron chi connectivity index (χ3n) is 11.0. The first kappa shape index (κ1) is 42.9. The zero-order valence-electron chi connectivity index (χ0n) is 33.8. The normalized spacial score (nSPS) is 12.5. The zero-order valence-corrected chi connectivity index (χ0v) is 34.7. The van der Waals surface area contributed by atoms with Crippen LogP contribution in [0.4, 0.5) is 4.79 Å². The van der Waals surface area contributed by atoms with E-state index in [9.17, 15) is 24.3 Å². The lowest BCUT2D eigenvalue weighted by atomic mass is 9.74. The summed E-state index contributed by atoms with van der Waals surface area (Å²) in [6.07, 6.45) is -0.0966. The van der Waals surface area contributed by atoms with E-state index in [1.165, 1.54) is 10.5 Å². The van der Waals surface area contributed by atoms with Crippen LogP contribution in [0.2, 0.25) is 0 Å². The van der Waals surface area contributed by atoms with Gasteiger partial charge in [0, 0.05) is 12.2 Å². The van der Waals surface area contributed by atoms with E-state index in [2.05, 4.69) is 40.7 Å². The largest absolute Gasteiger partial charge is 0.480 e. The molecule has 0 fully saturated rings. The Morgan fingerprint density at radius 2 is 1.21 bits per heavy atom. The molecule has 11 nitrogen and oxygen atoms in total. The van der Waals surface area contributed by atoms with Crippen LogP contribution < -0.4 is 16.0 Å². The van der Waals surface area contributed by atoms with Crippen molar-refractivity contribution >= 4 is 42.4 Å². The molecule has 1 aliphatic carbocycles. The lowest BCUT2D eigenvalue weighted by Gasteiger charge is -2.48. The maximum atomic E-state index is 15.1. The van der Waals surface area contributed by atoms with Crippen LogP contribution in [-0.4, -0.2) is 70.7 Å². The second kappa shape index (κ2) is 19.9. The number of aliphatic carboxylic acids is 1. The number of carboxylic acids is 1. The highest BCUT2D eigenvalue weighted by molar-refractivity contribution is 7.80. The highest BCUT2D eigenvalue weighted by atomic mass is 32.1. The van der Waals surface area contributed by atoms with Crippen molar-refractivity contribution in [3.63, 3.8) is 0 Å². The molecule has 0 heterocycles. The Kier molecular flexibility index (Phi) is 13.8. The lowest BCUT2D eigenvalue weighted by molar-refractivity contribution is -0.147. The van der Waals surface area contributed by atoms with Gasteiger partial charge in [-0.05, 0) is 56.5 Å². The summed E-state index contributed by atoms with van der Waals surface area (Å²) in [5.41, 5.74) is 6.44. The van der Waals surface area contributed by atoms with Crippen molar-refractivity contribution < 1.29 is 33.8 Å². The molecule has 0 radical (unpaired) electrons. The highest BCUT2D eigenvalue weighted by Gasteiger charge is 2.49. The van der Waals surface area contributed by atoms with Gasteiger partial charge in [-0.3, -0.25) is 14.4 Å². The summed E-state index contributed by atoms with van der Waals surface area (Å²) in [6, 6.07) is 47.8. The van der Waals surface area contributed by atoms with Crippen molar-refractivity contribution in [2.75, 3.05) is 18.8 Å². The molecule has 0 saturated heterocycles. The summed E-state index contributed by atoms with van der Waals surface area (Å²) in [4.78, 5) is 69.9. The van der Waals surface area contributed by atoms with Crippen molar-refractivity contribution in [2.45, 2.75) is 37.1 Å². The van der Waals surface area contributed by atoms with E-state index in [1.54, 1.807) is 24.3 Å². The SMILES string of the molecule is O=C(CNC(=O)OCc1cccc2c1Cc1ccccc1-2)NCC(=O)N(C(CS)C(=O)NC(Cc1ccccc1)C(=O)O)C(c1ccccc1)(c1ccccc1)c1ccccc1. The summed E-state index contributed by atoms with van der Waals surface area (Å²) >= 11 is 4.63. The first-order valence-electron chi connectivity index (χ1n) is 20.2. The molecule has 0 spiro atoms. The molecule has 6 aromatic rings. The van der Waals surface area contributed by atoms with Crippen molar-refractivity contribution in [1.29, 1.82) is 0 Å². The van der Waals surface area contributed by atoms with Gasteiger partial charge >= 0.3 is 12.1 Å². The average molecular weight is 847 g/mol. The van der Waals surface area contributed by atoms with Crippen LogP contribution in [0.25, 0.3) is 11.1 Å². The minimum atomic E-state index is -1.50. The van der Waals surface area contributed by atoms with Crippen LogP contribution in [0.15, 0.2) is 164 Å². The molecule has 0 aliphatic heterocycles. The third kappa shape index (κ3) is 9.40. The third-order valence-corrected chi connectivity index (χ3v) is 11.4. The van der Waals surface area contributed by atoms with E-state index in [1.807, 2.05) is 127 Å². The monoisotopic (exact) mass is 846 g/mol. The Morgan fingerprint density at radius 3 is 1.79 bits per heavy atom. The summed E-state index contributed by atoms with van der Waals surface area (Å²) in [5.74, 6) is -3.60. The Morgan fingerprint density at radius 1 is 0.661 bits per heavy atom. The first-order valence-corrected chi connectivity index (χ1v) is 20.9. The van der Waals surface area contributed by atoms with Gasteiger partial charge in [-0.2, -0.15) is 12.6 Å². The molecular formula is C50H46N4O7S. The highest BCUT2D eigenvalue weighted by Crippen LogP contribution is 2.44. The molecule has 4 amide bonds. The second-order valence-electron chi connectivity index (χ2n) is 14.8. The summed E-state index contributed by atoms with van der Waals surface area (Å²) in [7, 11) is 0. The minimum absolute atomic E-state index is 0.000134. The number of amides is 4. The van der Waals surface area contributed by atoms with Gasteiger partial charge in [-0.1, -0.05) is 164 Å². The molecule has 12 heteroatoms. The molecule has 0 aromatic heterocycles. The lowest BCUT2D eigenvalue weighted by Crippen LogP contribution is -2.63. The molecule has 2 atom stereocenters. The minimum Gasteiger partial charge on any atom is -0.480 e. The Bertz CT molecular complexity index is 2430. The van der Waals surface area contributed by atoms with E-state index in [0.29, 0.717) is 22.3 Å². The van der Waals surface area contributed by atoms with E-state index in [4.69, 9.17) is 4.74 Å². The number of fused-ring (bicyclic) bond motifs is 3. The maximum Gasteiger partial charge on any atom is 0.407 e. The van der Waals surface area contributed by atoms with E-state index < -0.39 is 60.5 Å². The number of ether oxygens (including phenoxy) is 1. The van der Waals surface area contributed by atoms with Crippen LogP contribution in [-0.2, 0) is 48.9 Å². The quantitative estimate of drug-likeness (QED) is 0.0516.